The van der Waals surface area contributed by atoms with Gasteiger partial charge in [-0.15, -0.1) is 11.3 Å². The summed E-state index contributed by atoms with van der Waals surface area (Å²) in [5, 5.41) is 6.70. The molecule has 0 radical (unpaired) electrons. The van der Waals surface area contributed by atoms with E-state index < -0.39 is 0 Å². The molecule has 5 nitrogen and oxygen atoms in total. The number of thiazole rings is 1. The van der Waals surface area contributed by atoms with Crippen molar-refractivity contribution < 1.29 is 9.59 Å². The van der Waals surface area contributed by atoms with E-state index in [9.17, 15) is 9.59 Å². The molecular weight excluding hydrogens is 298 g/mol. The molecule has 2 amide bonds. The fraction of sp³-hybridized carbons (Fsp3) is 0.312. The maximum absolute atomic E-state index is 12.1. The van der Waals surface area contributed by atoms with E-state index in [0.29, 0.717) is 12.1 Å². The van der Waals surface area contributed by atoms with E-state index in [-0.39, 0.29) is 17.7 Å². The maximum atomic E-state index is 12.1. The Labute approximate surface area is 132 Å². The molecule has 0 bridgehead atoms. The molecule has 1 aromatic carbocycles. The van der Waals surface area contributed by atoms with Crippen LogP contribution in [0.1, 0.15) is 33.1 Å². The van der Waals surface area contributed by atoms with Gasteiger partial charge in [0, 0.05) is 28.2 Å². The fourth-order valence-corrected chi connectivity index (χ4v) is 2.79. The van der Waals surface area contributed by atoms with Crippen LogP contribution in [-0.2, 0) is 11.3 Å². The summed E-state index contributed by atoms with van der Waals surface area (Å²) >= 11 is 1.57. The molecule has 2 N–H and O–H groups in total. The van der Waals surface area contributed by atoms with E-state index in [1.165, 1.54) is 0 Å². The number of nitrogens with zero attached hydrogens (tertiary/aromatic N) is 1. The van der Waals surface area contributed by atoms with E-state index in [1.54, 1.807) is 41.8 Å². The van der Waals surface area contributed by atoms with Gasteiger partial charge < -0.3 is 10.6 Å². The lowest BCUT2D eigenvalue weighted by Crippen LogP contribution is -2.22. The second-order valence-electron chi connectivity index (χ2n) is 5.37. The van der Waals surface area contributed by atoms with Crippen LogP contribution in [0.4, 0.5) is 5.69 Å². The number of aromatic nitrogens is 1. The first kappa shape index (κ1) is 14.7. The van der Waals surface area contributed by atoms with Gasteiger partial charge in [-0.25, -0.2) is 4.98 Å². The first-order valence-corrected chi connectivity index (χ1v) is 8.04. The number of rotatable bonds is 5. The Hall–Kier alpha value is -2.21. The van der Waals surface area contributed by atoms with Crippen molar-refractivity contribution in [3.63, 3.8) is 0 Å². The monoisotopic (exact) mass is 315 g/mol. The Morgan fingerprint density at radius 2 is 2.00 bits per heavy atom. The van der Waals surface area contributed by atoms with Gasteiger partial charge in [0.05, 0.1) is 11.6 Å². The third-order valence-corrected chi connectivity index (χ3v) is 4.37. The van der Waals surface area contributed by atoms with E-state index in [1.807, 2.05) is 6.92 Å². The molecule has 0 saturated heterocycles. The van der Waals surface area contributed by atoms with Gasteiger partial charge >= 0.3 is 0 Å². The number of carbonyl (C=O) groups is 2. The predicted octanol–water partition coefficient (Wildman–Crippen LogP) is 2.73. The van der Waals surface area contributed by atoms with Crippen molar-refractivity contribution in [3.05, 3.63) is 45.9 Å². The molecule has 0 aliphatic heterocycles. The minimum absolute atomic E-state index is 0.0674. The van der Waals surface area contributed by atoms with Gasteiger partial charge in [-0.05, 0) is 44.0 Å². The molecule has 1 heterocycles. The van der Waals surface area contributed by atoms with Crippen LogP contribution < -0.4 is 10.6 Å². The minimum Gasteiger partial charge on any atom is -0.347 e. The van der Waals surface area contributed by atoms with Gasteiger partial charge in [0.15, 0.2) is 0 Å². The van der Waals surface area contributed by atoms with Crippen LogP contribution in [0.3, 0.4) is 0 Å². The van der Waals surface area contributed by atoms with Crippen molar-refractivity contribution >= 4 is 28.8 Å². The van der Waals surface area contributed by atoms with Gasteiger partial charge in [0.2, 0.25) is 5.91 Å². The third kappa shape index (κ3) is 3.71. The van der Waals surface area contributed by atoms with Crippen LogP contribution >= 0.6 is 11.3 Å². The molecule has 0 unspecified atom stereocenters. The van der Waals surface area contributed by atoms with E-state index in [2.05, 4.69) is 15.6 Å². The molecular formula is C16H17N3O2S. The molecule has 3 rings (SSSR count). The number of aryl methyl sites for hydroxylation is 1. The number of anilines is 1. The molecule has 114 valence electrons. The van der Waals surface area contributed by atoms with Crippen molar-refractivity contribution in [1.82, 2.24) is 10.3 Å². The van der Waals surface area contributed by atoms with Crippen LogP contribution in [-0.4, -0.2) is 16.8 Å². The Morgan fingerprint density at radius 1 is 1.27 bits per heavy atom. The second-order valence-corrected chi connectivity index (χ2v) is 6.69. The Balaban J connectivity index is 1.54. The van der Waals surface area contributed by atoms with E-state index in [0.717, 1.165) is 28.4 Å². The van der Waals surface area contributed by atoms with Gasteiger partial charge in [0.1, 0.15) is 0 Å². The molecule has 0 spiro atoms. The lowest BCUT2D eigenvalue weighted by molar-refractivity contribution is -0.117. The molecule has 1 aliphatic carbocycles. The lowest BCUT2D eigenvalue weighted by Gasteiger charge is -2.06. The zero-order chi connectivity index (χ0) is 15.5. The normalized spacial score (nSPS) is 13.7. The quantitative estimate of drug-likeness (QED) is 0.891. The van der Waals surface area contributed by atoms with Crippen molar-refractivity contribution in [3.8, 4) is 0 Å². The fourth-order valence-electron chi connectivity index (χ4n) is 2.05. The molecule has 6 heteroatoms. The molecule has 22 heavy (non-hydrogen) atoms. The summed E-state index contributed by atoms with van der Waals surface area (Å²) in [6.07, 6.45) is 3.73. The highest BCUT2D eigenvalue weighted by atomic mass is 32.1. The highest BCUT2D eigenvalue weighted by Crippen LogP contribution is 2.30. The number of benzene rings is 1. The lowest BCUT2D eigenvalue weighted by atomic mass is 10.2. The van der Waals surface area contributed by atoms with Gasteiger partial charge in [-0.1, -0.05) is 0 Å². The summed E-state index contributed by atoms with van der Waals surface area (Å²) in [5.41, 5.74) is 1.30. The average molecular weight is 315 g/mol. The molecule has 2 aromatic rings. The van der Waals surface area contributed by atoms with Crippen molar-refractivity contribution in [2.24, 2.45) is 5.92 Å². The highest BCUT2D eigenvalue weighted by molar-refractivity contribution is 7.11. The van der Waals surface area contributed by atoms with Crippen LogP contribution in [0.5, 0.6) is 0 Å². The van der Waals surface area contributed by atoms with Gasteiger partial charge in [-0.3, -0.25) is 9.59 Å². The number of carbonyl (C=O) groups excluding carboxylic acids is 2. The summed E-state index contributed by atoms with van der Waals surface area (Å²) in [7, 11) is 0. The first-order valence-electron chi connectivity index (χ1n) is 7.22. The van der Waals surface area contributed by atoms with Crippen LogP contribution in [0.25, 0.3) is 0 Å². The van der Waals surface area contributed by atoms with Gasteiger partial charge in [-0.2, -0.15) is 0 Å². The van der Waals surface area contributed by atoms with E-state index >= 15 is 0 Å². The SMILES string of the molecule is Cc1ncc(CNC(=O)c2ccc(NC(=O)C3CC3)cc2)s1. The number of nitrogens with one attached hydrogen (secondary N) is 2. The van der Waals surface area contributed by atoms with Crippen molar-refractivity contribution in [2.75, 3.05) is 5.32 Å². The average Bonchev–Trinajstić information content (AvgIpc) is 3.29. The first-order chi connectivity index (χ1) is 10.6. The zero-order valence-electron chi connectivity index (χ0n) is 12.3. The summed E-state index contributed by atoms with van der Waals surface area (Å²) in [6.45, 7) is 2.41. The Kier molecular flexibility index (Phi) is 4.20. The minimum atomic E-state index is -0.133. The summed E-state index contributed by atoms with van der Waals surface area (Å²) in [4.78, 5) is 28.9. The number of hydrogen-bond donors (Lipinski definition) is 2. The van der Waals surface area contributed by atoms with E-state index in [4.69, 9.17) is 0 Å². The molecule has 1 aromatic heterocycles. The molecule has 1 fully saturated rings. The molecule has 1 saturated carbocycles. The largest absolute Gasteiger partial charge is 0.347 e. The van der Waals surface area contributed by atoms with Crippen molar-refractivity contribution in [2.45, 2.75) is 26.3 Å². The number of amides is 2. The van der Waals surface area contributed by atoms with Crippen LogP contribution in [0.2, 0.25) is 0 Å². The van der Waals surface area contributed by atoms with Crippen molar-refractivity contribution in [1.29, 1.82) is 0 Å². The zero-order valence-corrected chi connectivity index (χ0v) is 13.1. The summed E-state index contributed by atoms with van der Waals surface area (Å²) in [6, 6.07) is 6.95. The number of hydrogen-bond acceptors (Lipinski definition) is 4. The highest BCUT2D eigenvalue weighted by Gasteiger charge is 2.29. The Morgan fingerprint density at radius 3 is 2.59 bits per heavy atom. The van der Waals surface area contributed by atoms with Gasteiger partial charge in [0.25, 0.3) is 5.91 Å². The van der Waals surface area contributed by atoms with Crippen LogP contribution in [0, 0.1) is 12.8 Å². The topological polar surface area (TPSA) is 71.1 Å². The molecule has 0 atom stereocenters. The Bertz CT molecular complexity index is 690. The maximum Gasteiger partial charge on any atom is 0.251 e. The standard InChI is InChI=1S/C16H17N3O2S/c1-10-17-8-14(22-10)9-18-15(20)11-4-6-13(7-5-11)19-16(21)12-2-3-12/h4-8,12H,2-3,9H2,1H3,(H,18,20)(H,19,21). The third-order valence-electron chi connectivity index (χ3n) is 3.46. The summed E-state index contributed by atoms with van der Waals surface area (Å²) in [5.74, 6) is 0.106. The van der Waals surface area contributed by atoms with Crippen LogP contribution in [0.15, 0.2) is 30.5 Å². The summed E-state index contributed by atoms with van der Waals surface area (Å²) < 4.78 is 0. The molecule has 1 aliphatic rings. The second kappa shape index (κ2) is 6.27. The predicted molar refractivity (Wildman–Crippen MR) is 85.8 cm³/mol. The smallest absolute Gasteiger partial charge is 0.251 e.